The molecule has 0 saturated heterocycles. The second-order valence-corrected chi connectivity index (χ2v) is 6.72. The zero-order valence-corrected chi connectivity index (χ0v) is 13.8. The van der Waals surface area contributed by atoms with Crippen molar-refractivity contribution in [2.45, 2.75) is 39.5 Å². The first-order valence-electron chi connectivity index (χ1n) is 7.02. The Morgan fingerprint density at radius 3 is 2.76 bits per heavy atom. The smallest absolute Gasteiger partial charge is 0.321 e. The van der Waals surface area contributed by atoms with Crippen molar-refractivity contribution in [1.29, 1.82) is 0 Å². The van der Waals surface area contributed by atoms with Gasteiger partial charge in [-0.25, -0.2) is 9.78 Å². The number of urea groups is 1. The van der Waals surface area contributed by atoms with Crippen molar-refractivity contribution in [3.05, 3.63) is 21.1 Å². The number of aryl methyl sites for hydroxylation is 2. The van der Waals surface area contributed by atoms with Gasteiger partial charge in [0, 0.05) is 30.5 Å². The maximum Gasteiger partial charge on any atom is 0.321 e. The van der Waals surface area contributed by atoms with Gasteiger partial charge in [-0.15, -0.1) is 21.5 Å². The molecular formula is C13H19N5OS2. The molecule has 8 heteroatoms. The molecule has 6 nitrogen and oxygen atoms in total. The summed E-state index contributed by atoms with van der Waals surface area (Å²) in [7, 11) is 0. The van der Waals surface area contributed by atoms with Crippen LogP contribution in [0.1, 0.15) is 35.2 Å². The molecule has 0 fully saturated rings. The summed E-state index contributed by atoms with van der Waals surface area (Å²) in [5.41, 5.74) is 0. The minimum absolute atomic E-state index is 0.249. The van der Waals surface area contributed by atoms with Gasteiger partial charge in [0.25, 0.3) is 0 Å². The molecule has 0 saturated carbocycles. The highest BCUT2D eigenvalue weighted by atomic mass is 32.1. The zero-order chi connectivity index (χ0) is 15.1. The molecule has 2 rings (SSSR count). The highest BCUT2D eigenvalue weighted by Crippen LogP contribution is 2.16. The van der Waals surface area contributed by atoms with Gasteiger partial charge in [-0.2, -0.15) is 0 Å². The third-order valence-corrected chi connectivity index (χ3v) is 4.83. The van der Waals surface area contributed by atoms with Crippen LogP contribution in [-0.2, 0) is 19.3 Å². The van der Waals surface area contributed by atoms with Crippen LogP contribution in [0.25, 0.3) is 0 Å². The quantitative estimate of drug-likeness (QED) is 0.820. The monoisotopic (exact) mass is 325 g/mol. The lowest BCUT2D eigenvalue weighted by molar-refractivity contribution is 0.252. The first kappa shape index (κ1) is 15.8. The minimum atomic E-state index is -0.249. The topological polar surface area (TPSA) is 79.8 Å². The summed E-state index contributed by atoms with van der Waals surface area (Å²) >= 11 is 3.11. The van der Waals surface area contributed by atoms with Crippen LogP contribution in [0.15, 0.2) is 6.20 Å². The number of nitrogens with one attached hydrogen (secondary N) is 2. The van der Waals surface area contributed by atoms with E-state index in [1.807, 2.05) is 6.20 Å². The molecule has 0 aromatic carbocycles. The third kappa shape index (κ3) is 5.05. The Kier molecular flexibility index (Phi) is 6.06. The number of rotatable bonds is 7. The van der Waals surface area contributed by atoms with Crippen LogP contribution in [0.2, 0.25) is 0 Å². The first-order chi connectivity index (χ1) is 10.2. The summed E-state index contributed by atoms with van der Waals surface area (Å²) in [5, 5.41) is 16.0. The number of hydrogen-bond donors (Lipinski definition) is 2. The van der Waals surface area contributed by atoms with Crippen molar-refractivity contribution in [2.75, 3.05) is 11.9 Å². The lowest BCUT2D eigenvalue weighted by Gasteiger charge is -2.03. The van der Waals surface area contributed by atoms with Crippen LogP contribution in [-0.4, -0.2) is 27.8 Å². The van der Waals surface area contributed by atoms with Crippen molar-refractivity contribution in [3.63, 3.8) is 0 Å². The Balaban J connectivity index is 1.71. The van der Waals surface area contributed by atoms with Gasteiger partial charge < -0.3 is 5.32 Å². The second-order valence-electron chi connectivity index (χ2n) is 4.46. The van der Waals surface area contributed by atoms with E-state index in [9.17, 15) is 4.79 Å². The Bertz CT molecular complexity index is 581. The fraction of sp³-hybridized carbons (Fsp3) is 0.538. The average molecular weight is 325 g/mol. The molecule has 2 amide bonds. The molecule has 0 unspecified atom stereocenters. The van der Waals surface area contributed by atoms with Gasteiger partial charge in [0.2, 0.25) is 5.13 Å². The van der Waals surface area contributed by atoms with E-state index in [2.05, 4.69) is 39.7 Å². The number of nitrogens with zero attached hydrogens (tertiary/aromatic N) is 3. The normalized spacial score (nSPS) is 10.6. The predicted octanol–water partition coefficient (Wildman–Crippen LogP) is 2.87. The molecule has 0 aliphatic carbocycles. The maximum atomic E-state index is 11.7. The molecule has 2 N–H and O–H groups in total. The molecule has 2 heterocycles. The van der Waals surface area contributed by atoms with Crippen molar-refractivity contribution in [1.82, 2.24) is 20.5 Å². The van der Waals surface area contributed by atoms with Crippen LogP contribution >= 0.6 is 22.7 Å². The molecule has 0 radical (unpaired) electrons. The number of carbonyl (C=O) groups is 1. The van der Waals surface area contributed by atoms with Gasteiger partial charge in [-0.3, -0.25) is 5.32 Å². The van der Waals surface area contributed by atoms with E-state index < -0.39 is 0 Å². The fourth-order valence-corrected chi connectivity index (χ4v) is 3.37. The fourth-order valence-electron chi connectivity index (χ4n) is 1.67. The summed E-state index contributed by atoms with van der Waals surface area (Å²) in [6, 6.07) is -0.249. The van der Waals surface area contributed by atoms with Gasteiger partial charge in [-0.1, -0.05) is 25.2 Å². The molecule has 2 aromatic heterocycles. The Hall–Kier alpha value is -1.54. The summed E-state index contributed by atoms with van der Waals surface area (Å²) in [4.78, 5) is 17.3. The Morgan fingerprint density at radius 1 is 1.19 bits per heavy atom. The van der Waals surface area contributed by atoms with E-state index >= 15 is 0 Å². The van der Waals surface area contributed by atoms with Gasteiger partial charge in [0.15, 0.2) is 0 Å². The molecule has 0 spiro atoms. The van der Waals surface area contributed by atoms with Crippen LogP contribution in [0, 0.1) is 0 Å². The predicted molar refractivity (Wildman–Crippen MR) is 86.1 cm³/mol. The van der Waals surface area contributed by atoms with Crippen molar-refractivity contribution < 1.29 is 4.79 Å². The molecule has 0 bridgehead atoms. The van der Waals surface area contributed by atoms with E-state index in [4.69, 9.17) is 0 Å². The van der Waals surface area contributed by atoms with Gasteiger partial charge >= 0.3 is 6.03 Å². The summed E-state index contributed by atoms with van der Waals surface area (Å²) in [5.74, 6) is 0. The van der Waals surface area contributed by atoms with E-state index in [-0.39, 0.29) is 6.03 Å². The number of carbonyl (C=O) groups excluding carboxylic acids is 1. The lowest BCUT2D eigenvalue weighted by atomic mass is 10.4. The number of aromatic nitrogens is 3. The zero-order valence-electron chi connectivity index (χ0n) is 12.2. The van der Waals surface area contributed by atoms with E-state index in [0.29, 0.717) is 11.7 Å². The van der Waals surface area contributed by atoms with Crippen LogP contribution in [0.3, 0.4) is 0 Å². The average Bonchev–Trinajstić information content (AvgIpc) is 3.09. The summed E-state index contributed by atoms with van der Waals surface area (Å²) in [6.07, 6.45) is 5.56. The lowest BCUT2D eigenvalue weighted by Crippen LogP contribution is -2.30. The Morgan fingerprint density at radius 2 is 2.05 bits per heavy atom. The largest absolute Gasteiger partial charge is 0.337 e. The standard InChI is InChI=1S/C13H19N5OS2/c1-3-5-11-17-18-13(21-11)16-12(19)14-7-6-10-15-8-9(4-2)20-10/h8H,3-7H2,1-2H3,(H2,14,16,18,19). The second kappa shape index (κ2) is 8.04. The molecular weight excluding hydrogens is 306 g/mol. The van der Waals surface area contributed by atoms with Crippen molar-refractivity contribution >= 4 is 33.8 Å². The van der Waals surface area contributed by atoms with Crippen LogP contribution in [0.5, 0.6) is 0 Å². The molecule has 0 aliphatic rings. The van der Waals surface area contributed by atoms with Crippen LogP contribution < -0.4 is 10.6 Å². The van der Waals surface area contributed by atoms with Crippen LogP contribution in [0.4, 0.5) is 9.93 Å². The highest BCUT2D eigenvalue weighted by molar-refractivity contribution is 7.15. The number of anilines is 1. The Labute approximate surface area is 132 Å². The molecule has 2 aromatic rings. The van der Waals surface area contributed by atoms with Gasteiger partial charge in [-0.05, 0) is 12.8 Å². The van der Waals surface area contributed by atoms with Crippen molar-refractivity contribution in [2.24, 2.45) is 0 Å². The van der Waals surface area contributed by atoms with E-state index in [0.717, 1.165) is 35.7 Å². The molecule has 0 aliphatic heterocycles. The molecule has 114 valence electrons. The number of thiazole rings is 1. The summed E-state index contributed by atoms with van der Waals surface area (Å²) < 4.78 is 0. The number of hydrogen-bond acceptors (Lipinski definition) is 6. The van der Waals surface area contributed by atoms with E-state index in [1.54, 1.807) is 11.3 Å². The maximum absolute atomic E-state index is 11.7. The van der Waals surface area contributed by atoms with E-state index in [1.165, 1.54) is 16.2 Å². The third-order valence-electron chi connectivity index (χ3n) is 2.73. The molecule has 0 atom stereocenters. The summed E-state index contributed by atoms with van der Waals surface area (Å²) in [6.45, 7) is 4.75. The van der Waals surface area contributed by atoms with Gasteiger partial charge in [0.1, 0.15) is 5.01 Å². The van der Waals surface area contributed by atoms with Gasteiger partial charge in [0.05, 0.1) is 5.01 Å². The van der Waals surface area contributed by atoms with Crippen molar-refractivity contribution in [3.8, 4) is 0 Å². The number of amides is 2. The molecule has 21 heavy (non-hydrogen) atoms. The minimum Gasteiger partial charge on any atom is -0.337 e. The SMILES string of the molecule is CCCc1nnc(NC(=O)NCCc2ncc(CC)s2)s1. The first-order valence-corrected chi connectivity index (χ1v) is 8.65. The highest BCUT2D eigenvalue weighted by Gasteiger charge is 2.07.